The molecule has 1 amide bonds. The summed E-state index contributed by atoms with van der Waals surface area (Å²) < 4.78 is 5.20. The molecule has 0 spiro atoms. The second-order valence-corrected chi connectivity index (χ2v) is 4.99. The van der Waals surface area contributed by atoms with E-state index < -0.39 is 10.8 Å². The van der Waals surface area contributed by atoms with E-state index >= 15 is 0 Å². The molecule has 108 valence electrons. The number of nitrogens with one attached hydrogen (secondary N) is 1. The first-order valence-electron chi connectivity index (χ1n) is 6.08. The van der Waals surface area contributed by atoms with Gasteiger partial charge in [-0.05, 0) is 6.42 Å². The molecule has 1 aliphatic rings. The number of halogens is 1. The topological polar surface area (TPSA) is 107 Å². The summed E-state index contributed by atoms with van der Waals surface area (Å²) in [6.07, 6.45) is 0.880. The highest BCUT2D eigenvalue weighted by atomic mass is 35.5. The summed E-state index contributed by atoms with van der Waals surface area (Å²) >= 11 is 5.80. The highest BCUT2D eigenvalue weighted by Gasteiger charge is 2.21. The number of nitro groups is 1. The number of nitrogen functional groups attached to an aromatic ring is 1. The SMILES string of the molecule is Nc1c(Cl)cc([N+](=O)[O-])cc1C(=O)NCC1CCOC1. The quantitative estimate of drug-likeness (QED) is 0.499. The zero-order valence-corrected chi connectivity index (χ0v) is 11.4. The maximum absolute atomic E-state index is 12.0. The minimum atomic E-state index is -0.618. The summed E-state index contributed by atoms with van der Waals surface area (Å²) in [6.45, 7) is 1.73. The number of benzene rings is 1. The van der Waals surface area contributed by atoms with Crippen LogP contribution in [-0.2, 0) is 4.74 Å². The van der Waals surface area contributed by atoms with Gasteiger partial charge in [0.1, 0.15) is 0 Å². The third-order valence-corrected chi connectivity index (χ3v) is 3.46. The van der Waals surface area contributed by atoms with Crippen LogP contribution in [0.15, 0.2) is 12.1 Å². The van der Waals surface area contributed by atoms with Crippen molar-refractivity contribution in [3.05, 3.63) is 32.8 Å². The van der Waals surface area contributed by atoms with Crippen LogP contribution in [0.25, 0.3) is 0 Å². The predicted molar refractivity (Wildman–Crippen MR) is 73.8 cm³/mol. The third-order valence-electron chi connectivity index (χ3n) is 3.15. The minimum absolute atomic E-state index is 0.00597. The largest absolute Gasteiger partial charge is 0.397 e. The van der Waals surface area contributed by atoms with Gasteiger partial charge in [-0.1, -0.05) is 11.6 Å². The van der Waals surface area contributed by atoms with Crippen molar-refractivity contribution in [2.75, 3.05) is 25.5 Å². The molecule has 0 saturated carbocycles. The number of nitro benzene ring substituents is 1. The van der Waals surface area contributed by atoms with Crippen LogP contribution in [0.5, 0.6) is 0 Å². The van der Waals surface area contributed by atoms with Gasteiger partial charge >= 0.3 is 0 Å². The second kappa shape index (κ2) is 6.06. The van der Waals surface area contributed by atoms with Crippen LogP contribution in [0, 0.1) is 16.0 Å². The Morgan fingerprint density at radius 3 is 2.95 bits per heavy atom. The van der Waals surface area contributed by atoms with Gasteiger partial charge in [0.15, 0.2) is 0 Å². The van der Waals surface area contributed by atoms with E-state index in [1.165, 1.54) is 0 Å². The number of hydrogen-bond donors (Lipinski definition) is 2. The van der Waals surface area contributed by atoms with Crippen LogP contribution in [0.1, 0.15) is 16.8 Å². The van der Waals surface area contributed by atoms with Gasteiger partial charge in [0, 0.05) is 31.2 Å². The normalized spacial score (nSPS) is 17.9. The van der Waals surface area contributed by atoms with Crippen molar-refractivity contribution in [2.45, 2.75) is 6.42 Å². The van der Waals surface area contributed by atoms with Crippen molar-refractivity contribution in [3.8, 4) is 0 Å². The Kier molecular flexibility index (Phi) is 4.41. The minimum Gasteiger partial charge on any atom is -0.397 e. The number of nitrogens with two attached hydrogens (primary N) is 1. The fraction of sp³-hybridized carbons (Fsp3) is 0.417. The van der Waals surface area contributed by atoms with Crippen molar-refractivity contribution in [3.63, 3.8) is 0 Å². The van der Waals surface area contributed by atoms with Gasteiger partial charge in [-0.15, -0.1) is 0 Å². The van der Waals surface area contributed by atoms with Crippen LogP contribution >= 0.6 is 11.6 Å². The Hall–Kier alpha value is -1.86. The van der Waals surface area contributed by atoms with E-state index in [1.54, 1.807) is 0 Å². The summed E-state index contributed by atoms with van der Waals surface area (Å²) in [4.78, 5) is 22.2. The van der Waals surface area contributed by atoms with E-state index in [2.05, 4.69) is 5.32 Å². The van der Waals surface area contributed by atoms with E-state index in [0.717, 1.165) is 18.6 Å². The standard InChI is InChI=1S/C12H14ClN3O4/c13-10-4-8(16(18)19)3-9(11(10)14)12(17)15-5-7-1-2-20-6-7/h3-4,7H,1-2,5-6,14H2,(H,15,17). The smallest absolute Gasteiger partial charge is 0.271 e. The maximum Gasteiger partial charge on any atom is 0.271 e. The van der Waals surface area contributed by atoms with Gasteiger partial charge in [-0.2, -0.15) is 0 Å². The molecular weight excluding hydrogens is 286 g/mol. The average molecular weight is 300 g/mol. The first-order valence-corrected chi connectivity index (χ1v) is 6.46. The van der Waals surface area contributed by atoms with Crippen molar-refractivity contribution in [1.82, 2.24) is 5.32 Å². The lowest BCUT2D eigenvalue weighted by molar-refractivity contribution is -0.384. The number of amides is 1. The van der Waals surface area contributed by atoms with Gasteiger partial charge in [0.05, 0.1) is 27.8 Å². The van der Waals surface area contributed by atoms with Crippen LogP contribution < -0.4 is 11.1 Å². The van der Waals surface area contributed by atoms with Crippen LogP contribution in [-0.4, -0.2) is 30.6 Å². The fourth-order valence-corrected chi connectivity index (χ4v) is 2.19. The van der Waals surface area contributed by atoms with E-state index in [0.29, 0.717) is 19.8 Å². The number of nitrogens with zero attached hydrogens (tertiary/aromatic N) is 1. The van der Waals surface area contributed by atoms with Gasteiger partial charge in [0.2, 0.25) is 0 Å². The third kappa shape index (κ3) is 3.17. The fourth-order valence-electron chi connectivity index (χ4n) is 1.97. The first-order chi connectivity index (χ1) is 9.49. The summed E-state index contributed by atoms with van der Waals surface area (Å²) in [5.41, 5.74) is 5.49. The molecule has 1 unspecified atom stereocenters. The van der Waals surface area contributed by atoms with Crippen LogP contribution in [0.2, 0.25) is 5.02 Å². The Morgan fingerprint density at radius 2 is 2.35 bits per heavy atom. The maximum atomic E-state index is 12.0. The lowest BCUT2D eigenvalue weighted by Gasteiger charge is -2.11. The Morgan fingerprint density at radius 1 is 1.60 bits per heavy atom. The summed E-state index contributed by atoms with van der Waals surface area (Å²) in [6, 6.07) is 2.25. The molecule has 3 N–H and O–H groups in total. The molecule has 0 aromatic heterocycles. The van der Waals surface area contributed by atoms with Crippen LogP contribution in [0.4, 0.5) is 11.4 Å². The number of carbonyl (C=O) groups is 1. The molecule has 0 bridgehead atoms. The lowest BCUT2D eigenvalue weighted by Crippen LogP contribution is -2.30. The summed E-state index contributed by atoms with van der Waals surface area (Å²) in [5, 5.41) is 13.5. The average Bonchev–Trinajstić information content (AvgIpc) is 2.92. The molecule has 1 aromatic rings. The van der Waals surface area contributed by atoms with E-state index in [4.69, 9.17) is 22.1 Å². The van der Waals surface area contributed by atoms with E-state index in [9.17, 15) is 14.9 Å². The predicted octanol–water partition coefficient (Wildman–Crippen LogP) is 1.60. The van der Waals surface area contributed by atoms with Crippen molar-refractivity contribution in [1.29, 1.82) is 0 Å². The molecule has 1 fully saturated rings. The lowest BCUT2D eigenvalue weighted by atomic mass is 10.1. The summed E-state index contributed by atoms with van der Waals surface area (Å²) in [7, 11) is 0. The molecule has 1 aromatic carbocycles. The zero-order chi connectivity index (χ0) is 14.7. The number of hydrogen-bond acceptors (Lipinski definition) is 5. The Labute approximate surface area is 120 Å². The molecule has 1 saturated heterocycles. The second-order valence-electron chi connectivity index (χ2n) is 4.59. The number of carbonyl (C=O) groups excluding carboxylic acids is 1. The van der Waals surface area contributed by atoms with Gasteiger partial charge < -0.3 is 15.8 Å². The molecule has 8 heteroatoms. The molecule has 1 atom stereocenters. The highest BCUT2D eigenvalue weighted by molar-refractivity contribution is 6.34. The van der Waals surface area contributed by atoms with Gasteiger partial charge in [-0.3, -0.25) is 14.9 Å². The molecule has 1 heterocycles. The Balaban J connectivity index is 2.13. The Bertz CT molecular complexity index is 544. The first kappa shape index (κ1) is 14.5. The highest BCUT2D eigenvalue weighted by Crippen LogP contribution is 2.28. The van der Waals surface area contributed by atoms with Crippen molar-refractivity contribution < 1.29 is 14.5 Å². The van der Waals surface area contributed by atoms with E-state index in [1.807, 2.05) is 0 Å². The number of anilines is 1. The molecule has 2 rings (SSSR count). The van der Waals surface area contributed by atoms with Crippen molar-refractivity contribution in [2.24, 2.45) is 5.92 Å². The zero-order valence-electron chi connectivity index (χ0n) is 10.6. The van der Waals surface area contributed by atoms with E-state index in [-0.39, 0.29) is 27.9 Å². The molecule has 0 radical (unpaired) electrons. The van der Waals surface area contributed by atoms with Crippen LogP contribution in [0.3, 0.4) is 0 Å². The van der Waals surface area contributed by atoms with Gasteiger partial charge in [0.25, 0.3) is 11.6 Å². The number of ether oxygens (including phenoxy) is 1. The molecule has 7 nitrogen and oxygen atoms in total. The summed E-state index contributed by atoms with van der Waals surface area (Å²) in [5.74, 6) is -0.214. The molecule has 0 aliphatic carbocycles. The molecule has 20 heavy (non-hydrogen) atoms. The number of non-ortho nitro benzene ring substituents is 1. The van der Waals surface area contributed by atoms with Gasteiger partial charge in [-0.25, -0.2) is 0 Å². The monoisotopic (exact) mass is 299 g/mol. The number of rotatable bonds is 4. The molecular formula is C12H14ClN3O4. The van der Waals surface area contributed by atoms with Crippen molar-refractivity contribution >= 4 is 28.9 Å². The molecule has 1 aliphatic heterocycles.